The molecule has 0 unspecified atom stereocenters. The van der Waals surface area contributed by atoms with Gasteiger partial charge in [0, 0.05) is 50.7 Å². The van der Waals surface area contributed by atoms with Crippen LogP contribution in [-0.4, -0.2) is 69.9 Å². The number of piperidine rings is 1. The largest absolute Gasteiger partial charge is 0.352 e. The molecule has 4 rings (SSSR count). The summed E-state index contributed by atoms with van der Waals surface area (Å²) in [5.41, 5.74) is 0.492. The van der Waals surface area contributed by atoms with E-state index in [1.165, 1.54) is 30.2 Å². The van der Waals surface area contributed by atoms with Crippen molar-refractivity contribution in [1.82, 2.24) is 19.8 Å². The Hall–Kier alpha value is -2.65. The Balaban J connectivity index is 1.48. The molecule has 2 aromatic carbocycles. The Labute approximate surface area is 208 Å². The minimum absolute atomic E-state index is 0.0605. The molecule has 190 valence electrons. The number of likely N-dealkylation sites (tertiary alicyclic amines) is 1. The van der Waals surface area contributed by atoms with Gasteiger partial charge in [-0.05, 0) is 49.1 Å². The molecule has 2 N–H and O–H groups in total. The third-order valence-electron chi connectivity index (χ3n) is 7.16. The van der Waals surface area contributed by atoms with Crippen molar-refractivity contribution in [2.75, 3.05) is 33.7 Å². The topological polar surface area (TPSA) is 98.8 Å². The van der Waals surface area contributed by atoms with E-state index in [2.05, 4.69) is 10.0 Å². The van der Waals surface area contributed by atoms with Crippen LogP contribution in [0.3, 0.4) is 0 Å². The SMILES string of the molecule is CN(C)C(=O)N1CCC(NS(=O)(=O)c2ccc(C(=O)NCC3CCCCC3)c3ccccc23)CC1. The molecule has 35 heavy (non-hydrogen) atoms. The van der Waals surface area contributed by atoms with Gasteiger partial charge in [0.2, 0.25) is 10.0 Å². The number of urea groups is 1. The van der Waals surface area contributed by atoms with Crippen LogP contribution in [0, 0.1) is 5.92 Å². The zero-order valence-electron chi connectivity index (χ0n) is 20.6. The zero-order chi connectivity index (χ0) is 25.0. The fraction of sp³-hybridized carbons (Fsp3) is 0.538. The van der Waals surface area contributed by atoms with Gasteiger partial charge in [-0.1, -0.05) is 43.5 Å². The molecule has 2 fully saturated rings. The smallest absolute Gasteiger partial charge is 0.319 e. The van der Waals surface area contributed by atoms with E-state index in [0.717, 1.165) is 12.8 Å². The van der Waals surface area contributed by atoms with E-state index in [9.17, 15) is 18.0 Å². The minimum Gasteiger partial charge on any atom is -0.352 e. The molecule has 0 bridgehead atoms. The molecule has 0 radical (unpaired) electrons. The van der Waals surface area contributed by atoms with Gasteiger partial charge in [0.05, 0.1) is 4.90 Å². The van der Waals surface area contributed by atoms with E-state index in [1.54, 1.807) is 43.3 Å². The Morgan fingerprint density at radius 2 is 1.60 bits per heavy atom. The van der Waals surface area contributed by atoms with Crippen LogP contribution in [0.2, 0.25) is 0 Å². The monoisotopic (exact) mass is 500 g/mol. The van der Waals surface area contributed by atoms with Crippen LogP contribution in [0.5, 0.6) is 0 Å². The molecule has 0 spiro atoms. The molecule has 2 aromatic rings. The molecule has 3 amide bonds. The van der Waals surface area contributed by atoms with E-state index < -0.39 is 10.0 Å². The highest BCUT2D eigenvalue weighted by molar-refractivity contribution is 7.89. The number of amides is 3. The quantitative estimate of drug-likeness (QED) is 0.633. The maximum absolute atomic E-state index is 13.4. The lowest BCUT2D eigenvalue weighted by molar-refractivity contribution is 0.0945. The standard InChI is InChI=1S/C26H36N4O4S/c1-29(2)26(32)30-16-14-20(15-17-30)28-35(33,34)24-13-12-23(21-10-6-7-11-22(21)24)25(31)27-18-19-8-4-3-5-9-19/h6-7,10-13,19-20,28H,3-5,8-9,14-18H2,1-2H3,(H,27,31). The van der Waals surface area contributed by atoms with Crippen molar-refractivity contribution < 1.29 is 18.0 Å². The van der Waals surface area contributed by atoms with E-state index in [-0.39, 0.29) is 22.9 Å². The summed E-state index contributed by atoms with van der Waals surface area (Å²) < 4.78 is 29.5. The second kappa shape index (κ2) is 11.0. The summed E-state index contributed by atoms with van der Waals surface area (Å²) >= 11 is 0. The van der Waals surface area contributed by atoms with Gasteiger partial charge >= 0.3 is 6.03 Å². The summed E-state index contributed by atoms with van der Waals surface area (Å²) in [6.07, 6.45) is 7.10. The fourth-order valence-corrected chi connectivity index (χ4v) is 6.70. The average Bonchev–Trinajstić information content (AvgIpc) is 2.87. The zero-order valence-corrected chi connectivity index (χ0v) is 21.4. The Morgan fingerprint density at radius 3 is 2.26 bits per heavy atom. The van der Waals surface area contributed by atoms with Gasteiger partial charge in [-0.25, -0.2) is 17.9 Å². The van der Waals surface area contributed by atoms with Crippen LogP contribution >= 0.6 is 0 Å². The molecule has 1 saturated carbocycles. The maximum atomic E-state index is 13.4. The van der Waals surface area contributed by atoms with Gasteiger partial charge < -0.3 is 15.1 Å². The van der Waals surface area contributed by atoms with Gasteiger partial charge in [0.1, 0.15) is 0 Å². The second-order valence-corrected chi connectivity index (χ2v) is 11.6. The molecule has 2 aliphatic rings. The van der Waals surface area contributed by atoms with Crippen LogP contribution in [0.15, 0.2) is 41.3 Å². The third kappa shape index (κ3) is 5.95. The molecular weight excluding hydrogens is 464 g/mol. The first-order valence-corrected chi connectivity index (χ1v) is 14.0. The van der Waals surface area contributed by atoms with Gasteiger partial charge in [-0.15, -0.1) is 0 Å². The predicted molar refractivity (Wildman–Crippen MR) is 137 cm³/mol. The Kier molecular flexibility index (Phi) is 7.96. The number of nitrogens with zero attached hydrogens (tertiary/aromatic N) is 2. The van der Waals surface area contributed by atoms with E-state index >= 15 is 0 Å². The molecule has 9 heteroatoms. The van der Waals surface area contributed by atoms with Crippen LogP contribution in [0.1, 0.15) is 55.3 Å². The first-order chi connectivity index (χ1) is 16.8. The van der Waals surface area contributed by atoms with Gasteiger partial charge in [0.25, 0.3) is 5.91 Å². The first kappa shape index (κ1) is 25.4. The van der Waals surface area contributed by atoms with Crippen LogP contribution < -0.4 is 10.0 Å². The summed E-state index contributed by atoms with van der Waals surface area (Å²) in [6, 6.07) is 10.0. The van der Waals surface area contributed by atoms with Gasteiger partial charge in [0.15, 0.2) is 0 Å². The molecule has 0 aromatic heterocycles. The number of hydrogen-bond acceptors (Lipinski definition) is 4. The van der Waals surface area contributed by atoms with Crippen molar-refractivity contribution in [3.05, 3.63) is 42.0 Å². The van der Waals surface area contributed by atoms with Gasteiger partial charge in [-0.2, -0.15) is 0 Å². The van der Waals surface area contributed by atoms with Crippen LogP contribution in [0.4, 0.5) is 4.79 Å². The highest BCUT2D eigenvalue weighted by Crippen LogP contribution is 2.28. The van der Waals surface area contributed by atoms with E-state index in [0.29, 0.717) is 54.7 Å². The first-order valence-electron chi connectivity index (χ1n) is 12.5. The summed E-state index contributed by atoms with van der Waals surface area (Å²) in [5, 5.41) is 4.23. The molecular formula is C26H36N4O4S. The maximum Gasteiger partial charge on any atom is 0.319 e. The lowest BCUT2D eigenvalue weighted by Gasteiger charge is -2.33. The molecule has 0 atom stereocenters. The summed E-state index contributed by atoms with van der Waals surface area (Å²) in [7, 11) is -0.387. The molecule has 1 aliphatic heterocycles. The van der Waals surface area contributed by atoms with Crippen molar-refractivity contribution in [2.45, 2.75) is 55.9 Å². The third-order valence-corrected chi connectivity index (χ3v) is 8.74. The average molecular weight is 501 g/mol. The van der Waals surface area contributed by atoms with Crippen molar-refractivity contribution in [3.63, 3.8) is 0 Å². The molecule has 8 nitrogen and oxygen atoms in total. The normalized spacial score (nSPS) is 17.9. The van der Waals surface area contributed by atoms with Gasteiger partial charge in [-0.3, -0.25) is 4.79 Å². The number of benzene rings is 2. The molecule has 1 heterocycles. The van der Waals surface area contributed by atoms with E-state index in [4.69, 9.17) is 0 Å². The van der Waals surface area contributed by atoms with Crippen LogP contribution in [-0.2, 0) is 10.0 Å². The van der Waals surface area contributed by atoms with Crippen molar-refractivity contribution in [3.8, 4) is 0 Å². The number of fused-ring (bicyclic) bond motifs is 1. The lowest BCUT2D eigenvalue weighted by Crippen LogP contribution is -2.49. The molecule has 1 saturated heterocycles. The lowest BCUT2D eigenvalue weighted by atomic mass is 9.89. The number of carbonyl (C=O) groups is 2. The number of rotatable bonds is 6. The number of carbonyl (C=O) groups excluding carboxylic acids is 2. The fourth-order valence-electron chi connectivity index (χ4n) is 5.18. The van der Waals surface area contributed by atoms with Crippen molar-refractivity contribution in [1.29, 1.82) is 0 Å². The number of nitrogens with one attached hydrogen (secondary N) is 2. The minimum atomic E-state index is -3.81. The molecule has 1 aliphatic carbocycles. The van der Waals surface area contributed by atoms with Crippen LogP contribution in [0.25, 0.3) is 10.8 Å². The summed E-state index contributed by atoms with van der Waals surface area (Å²) in [4.78, 5) is 28.6. The number of hydrogen-bond donors (Lipinski definition) is 2. The van der Waals surface area contributed by atoms with E-state index in [1.807, 2.05) is 6.07 Å². The Bertz CT molecular complexity index is 1170. The number of sulfonamides is 1. The highest BCUT2D eigenvalue weighted by Gasteiger charge is 2.28. The van der Waals surface area contributed by atoms with Crippen molar-refractivity contribution in [2.24, 2.45) is 5.92 Å². The second-order valence-electron chi connectivity index (χ2n) is 9.93. The summed E-state index contributed by atoms with van der Waals surface area (Å²) in [5.74, 6) is 0.351. The van der Waals surface area contributed by atoms with Crippen molar-refractivity contribution >= 4 is 32.7 Å². The highest BCUT2D eigenvalue weighted by atomic mass is 32.2. The Morgan fingerprint density at radius 1 is 0.943 bits per heavy atom. The summed E-state index contributed by atoms with van der Waals surface area (Å²) in [6.45, 7) is 1.67. The predicted octanol–water partition coefficient (Wildman–Crippen LogP) is 3.57.